The highest BCUT2D eigenvalue weighted by Gasteiger charge is 2.24. The maximum Gasteiger partial charge on any atom is 0.178 e. The third-order valence-electron chi connectivity index (χ3n) is 2.47. The van der Waals surface area contributed by atoms with Gasteiger partial charge in [0.2, 0.25) is 0 Å². The van der Waals surface area contributed by atoms with E-state index in [0.717, 1.165) is 10.5 Å². The highest BCUT2D eigenvalue weighted by atomic mass is 32.2. The number of allylic oxidation sites excluding steroid dienone is 1. The highest BCUT2D eigenvalue weighted by molar-refractivity contribution is 7.98. The van der Waals surface area contributed by atoms with Crippen LogP contribution in [0.4, 0.5) is 0 Å². The van der Waals surface area contributed by atoms with Gasteiger partial charge < -0.3 is 0 Å². The van der Waals surface area contributed by atoms with E-state index in [-0.39, 0.29) is 11.4 Å². The van der Waals surface area contributed by atoms with Gasteiger partial charge in [-0.15, -0.1) is 11.8 Å². The second-order valence-electron chi connectivity index (χ2n) is 5.02. The molecule has 0 radical (unpaired) electrons. The summed E-state index contributed by atoms with van der Waals surface area (Å²) < 4.78 is 0. The van der Waals surface area contributed by atoms with Crippen LogP contribution in [-0.2, 0) is 4.79 Å². The molecule has 3 heteroatoms. The first-order chi connectivity index (χ1) is 8.38. The van der Waals surface area contributed by atoms with E-state index in [1.807, 2.05) is 57.4 Å². The molecule has 0 heterocycles. The fourth-order valence-electron chi connectivity index (χ4n) is 1.42. The zero-order chi connectivity index (χ0) is 13.8. The second kappa shape index (κ2) is 5.88. The van der Waals surface area contributed by atoms with Crippen molar-refractivity contribution in [2.75, 3.05) is 6.26 Å². The van der Waals surface area contributed by atoms with Crippen LogP contribution in [0.3, 0.4) is 0 Å². The zero-order valence-electron chi connectivity index (χ0n) is 11.2. The smallest absolute Gasteiger partial charge is 0.178 e. The lowest BCUT2D eigenvalue weighted by atomic mass is 9.86. The fraction of sp³-hybridized carbons (Fsp3) is 0.333. The van der Waals surface area contributed by atoms with E-state index >= 15 is 0 Å². The highest BCUT2D eigenvalue weighted by Crippen LogP contribution is 2.22. The summed E-state index contributed by atoms with van der Waals surface area (Å²) in [5.74, 6) is -0.126. The Morgan fingerprint density at radius 2 is 1.83 bits per heavy atom. The molecule has 0 aliphatic carbocycles. The van der Waals surface area contributed by atoms with Crippen LogP contribution in [0.15, 0.2) is 34.7 Å². The van der Waals surface area contributed by atoms with Crippen molar-refractivity contribution < 1.29 is 4.79 Å². The molecule has 1 aromatic carbocycles. The molecule has 0 saturated carbocycles. The maximum atomic E-state index is 12.0. The fourth-order valence-corrected chi connectivity index (χ4v) is 1.83. The monoisotopic (exact) mass is 259 g/mol. The Morgan fingerprint density at radius 1 is 1.28 bits per heavy atom. The van der Waals surface area contributed by atoms with Crippen molar-refractivity contribution in [3.63, 3.8) is 0 Å². The number of nitrogens with zero attached hydrogens (tertiary/aromatic N) is 1. The Bertz CT molecular complexity index is 501. The molecular weight excluding hydrogens is 242 g/mol. The predicted molar refractivity (Wildman–Crippen MR) is 76.3 cm³/mol. The van der Waals surface area contributed by atoms with Crippen molar-refractivity contribution in [2.24, 2.45) is 5.41 Å². The summed E-state index contributed by atoms with van der Waals surface area (Å²) in [5, 5.41) is 9.08. The summed E-state index contributed by atoms with van der Waals surface area (Å²) in [6.45, 7) is 5.45. The van der Waals surface area contributed by atoms with Crippen LogP contribution >= 0.6 is 11.8 Å². The summed E-state index contributed by atoms with van der Waals surface area (Å²) in [7, 11) is 0. The van der Waals surface area contributed by atoms with E-state index < -0.39 is 5.41 Å². The Balaban J connectivity index is 3.05. The molecular formula is C15H17NOS. The van der Waals surface area contributed by atoms with Crippen LogP contribution < -0.4 is 0 Å². The topological polar surface area (TPSA) is 40.9 Å². The molecule has 0 unspecified atom stereocenters. The number of ketones is 1. The van der Waals surface area contributed by atoms with Gasteiger partial charge in [-0.1, -0.05) is 32.9 Å². The van der Waals surface area contributed by atoms with E-state index in [0.29, 0.717) is 0 Å². The number of rotatable bonds is 3. The Morgan fingerprint density at radius 3 is 2.22 bits per heavy atom. The Hall–Kier alpha value is -1.53. The van der Waals surface area contributed by atoms with Crippen molar-refractivity contribution in [2.45, 2.75) is 25.7 Å². The third-order valence-corrected chi connectivity index (χ3v) is 3.22. The average Bonchev–Trinajstić information content (AvgIpc) is 2.34. The first kappa shape index (κ1) is 14.5. The molecule has 1 rings (SSSR count). The summed E-state index contributed by atoms with van der Waals surface area (Å²) in [6, 6.07) is 9.78. The molecule has 2 nitrogen and oxygen atoms in total. The van der Waals surface area contributed by atoms with Crippen molar-refractivity contribution in [3.8, 4) is 6.07 Å². The number of carbonyl (C=O) groups excluding carboxylic acids is 1. The molecule has 0 saturated heterocycles. The van der Waals surface area contributed by atoms with Gasteiger partial charge in [0, 0.05) is 10.3 Å². The van der Waals surface area contributed by atoms with Crippen molar-refractivity contribution in [3.05, 3.63) is 35.4 Å². The van der Waals surface area contributed by atoms with Crippen molar-refractivity contribution in [1.82, 2.24) is 0 Å². The minimum absolute atomic E-state index is 0.126. The van der Waals surface area contributed by atoms with Crippen molar-refractivity contribution in [1.29, 1.82) is 5.26 Å². The summed E-state index contributed by atoms with van der Waals surface area (Å²) >= 11 is 1.66. The maximum absolute atomic E-state index is 12.0. The number of hydrogen-bond donors (Lipinski definition) is 0. The largest absolute Gasteiger partial charge is 0.293 e. The molecule has 18 heavy (non-hydrogen) atoms. The number of benzene rings is 1. The molecule has 0 aliphatic rings. The van der Waals surface area contributed by atoms with Crippen LogP contribution in [0, 0.1) is 16.7 Å². The summed E-state index contributed by atoms with van der Waals surface area (Å²) in [4.78, 5) is 13.2. The van der Waals surface area contributed by atoms with Gasteiger partial charge in [-0.25, -0.2) is 0 Å². The van der Waals surface area contributed by atoms with Gasteiger partial charge in [0.1, 0.15) is 6.07 Å². The Kier molecular flexibility index (Phi) is 4.75. The van der Waals surface area contributed by atoms with Gasteiger partial charge in [-0.3, -0.25) is 4.79 Å². The normalized spacial score (nSPS) is 12.1. The first-order valence-corrected chi connectivity index (χ1v) is 6.91. The molecule has 0 spiro atoms. The third kappa shape index (κ3) is 3.75. The summed E-state index contributed by atoms with van der Waals surface area (Å²) in [6.07, 6.45) is 3.66. The lowest BCUT2D eigenvalue weighted by molar-refractivity contribution is -0.121. The van der Waals surface area contributed by atoms with Crippen LogP contribution in [0.5, 0.6) is 0 Å². The van der Waals surface area contributed by atoms with E-state index in [1.54, 1.807) is 17.8 Å². The van der Waals surface area contributed by atoms with E-state index in [2.05, 4.69) is 0 Å². The van der Waals surface area contributed by atoms with Gasteiger partial charge in [-0.2, -0.15) is 5.26 Å². The second-order valence-corrected chi connectivity index (χ2v) is 5.90. The van der Waals surface area contributed by atoms with Gasteiger partial charge in [-0.05, 0) is 30.0 Å². The van der Waals surface area contributed by atoms with Gasteiger partial charge in [0.15, 0.2) is 5.78 Å². The molecule has 94 valence electrons. The quantitative estimate of drug-likeness (QED) is 0.469. The van der Waals surface area contributed by atoms with Crippen LogP contribution in [0.1, 0.15) is 26.3 Å². The molecule has 1 aromatic rings. The van der Waals surface area contributed by atoms with Gasteiger partial charge in [0.05, 0.1) is 5.57 Å². The number of Topliss-reactive ketones (excluding diaryl/α,β-unsaturated/α-hetero) is 1. The van der Waals surface area contributed by atoms with Gasteiger partial charge >= 0.3 is 0 Å². The standard InChI is InChI=1S/C15H17NOS/c1-15(2,3)14(17)12(10-16)9-11-5-7-13(18-4)8-6-11/h5-9H,1-4H3/b12-9-. The molecule has 0 amide bonds. The summed E-state index contributed by atoms with van der Waals surface area (Å²) in [5.41, 5.74) is 0.558. The minimum atomic E-state index is -0.527. The molecule has 0 aliphatic heterocycles. The van der Waals surface area contributed by atoms with E-state index in [9.17, 15) is 4.79 Å². The first-order valence-electron chi connectivity index (χ1n) is 5.69. The van der Waals surface area contributed by atoms with Crippen molar-refractivity contribution >= 4 is 23.6 Å². The number of thioether (sulfide) groups is 1. The van der Waals surface area contributed by atoms with Crippen LogP contribution in [0.25, 0.3) is 6.08 Å². The Labute approximate surface area is 113 Å². The minimum Gasteiger partial charge on any atom is -0.293 e. The lowest BCUT2D eigenvalue weighted by Crippen LogP contribution is -2.21. The molecule has 0 fully saturated rings. The van der Waals surface area contributed by atoms with Crippen LogP contribution in [0.2, 0.25) is 0 Å². The van der Waals surface area contributed by atoms with E-state index in [1.165, 1.54) is 0 Å². The number of hydrogen-bond acceptors (Lipinski definition) is 3. The molecule has 0 N–H and O–H groups in total. The predicted octanol–water partition coefficient (Wildman–Crippen LogP) is 3.93. The zero-order valence-corrected chi connectivity index (χ0v) is 12.0. The lowest BCUT2D eigenvalue weighted by Gasteiger charge is -2.15. The van der Waals surface area contributed by atoms with Gasteiger partial charge in [0.25, 0.3) is 0 Å². The number of carbonyl (C=O) groups is 1. The molecule has 0 atom stereocenters. The molecule has 0 bridgehead atoms. The molecule has 0 aromatic heterocycles. The van der Waals surface area contributed by atoms with Crippen LogP contribution in [-0.4, -0.2) is 12.0 Å². The SMILES string of the molecule is CSc1ccc(/C=C(/C#N)C(=O)C(C)(C)C)cc1. The van der Waals surface area contributed by atoms with E-state index in [4.69, 9.17) is 5.26 Å². The number of nitriles is 1. The average molecular weight is 259 g/mol.